The molecule has 1 heteroatoms. The van der Waals surface area contributed by atoms with Gasteiger partial charge in [0, 0.05) is 21.1 Å². The largest absolute Gasteiger partial charge is 0.0882 e. The van der Waals surface area contributed by atoms with Crippen molar-refractivity contribution in [3.8, 4) is 0 Å². The standard InChI is InChI=1S/C12H20.Pt/c1-11(2)10-12-8-6-4-3-5-7-9-12;/h3-4,9,11H,5-8,10H2,1-2H3;/b4-3-,12-9+;. The van der Waals surface area contributed by atoms with Gasteiger partial charge in [-0.15, -0.1) is 0 Å². The molecule has 0 fully saturated rings. The molecular formula is C12H20Pt. The molecule has 1 aliphatic rings. The molecule has 0 aromatic heterocycles. The molecule has 0 heterocycles. The predicted molar refractivity (Wildman–Crippen MR) is 55.1 cm³/mol. The summed E-state index contributed by atoms with van der Waals surface area (Å²) >= 11 is 0. The van der Waals surface area contributed by atoms with Gasteiger partial charge in [-0.05, 0) is 38.0 Å². The van der Waals surface area contributed by atoms with Crippen molar-refractivity contribution in [1.82, 2.24) is 0 Å². The first-order chi connectivity index (χ1) is 5.79. The second-order valence-corrected chi connectivity index (χ2v) is 4.05. The van der Waals surface area contributed by atoms with Crippen LogP contribution in [-0.4, -0.2) is 0 Å². The Morgan fingerprint density at radius 1 is 1.15 bits per heavy atom. The number of hydrogen-bond acceptors (Lipinski definition) is 0. The smallest absolute Gasteiger partial charge is 0 e. The van der Waals surface area contributed by atoms with Crippen molar-refractivity contribution in [2.24, 2.45) is 5.92 Å². The summed E-state index contributed by atoms with van der Waals surface area (Å²) in [4.78, 5) is 0. The first-order valence-electron chi connectivity index (χ1n) is 5.12. The van der Waals surface area contributed by atoms with Crippen molar-refractivity contribution in [3.63, 3.8) is 0 Å². The molecule has 13 heavy (non-hydrogen) atoms. The van der Waals surface area contributed by atoms with Gasteiger partial charge in [0.05, 0.1) is 0 Å². The first kappa shape index (κ1) is 13.2. The molecule has 78 valence electrons. The molecule has 0 nitrogen and oxygen atoms in total. The Labute approximate surface area is 96.8 Å². The summed E-state index contributed by atoms with van der Waals surface area (Å²) in [7, 11) is 0. The molecule has 0 aromatic rings. The fourth-order valence-electron chi connectivity index (χ4n) is 1.70. The van der Waals surface area contributed by atoms with E-state index in [2.05, 4.69) is 32.1 Å². The third-order valence-corrected chi connectivity index (χ3v) is 2.24. The van der Waals surface area contributed by atoms with Gasteiger partial charge in [-0.25, -0.2) is 0 Å². The normalized spacial score (nSPS) is 23.8. The average molecular weight is 359 g/mol. The van der Waals surface area contributed by atoms with Crippen LogP contribution in [0.4, 0.5) is 0 Å². The zero-order valence-corrected chi connectivity index (χ0v) is 10.9. The Morgan fingerprint density at radius 3 is 2.54 bits per heavy atom. The van der Waals surface area contributed by atoms with Gasteiger partial charge in [-0.2, -0.15) is 0 Å². The van der Waals surface area contributed by atoms with E-state index in [0.717, 1.165) is 5.92 Å². The first-order valence-corrected chi connectivity index (χ1v) is 5.12. The molecule has 0 atom stereocenters. The fraction of sp³-hybridized carbons (Fsp3) is 0.667. The summed E-state index contributed by atoms with van der Waals surface area (Å²) in [5.74, 6) is 0.819. The van der Waals surface area contributed by atoms with Crippen LogP contribution in [0, 0.1) is 5.92 Å². The van der Waals surface area contributed by atoms with Gasteiger partial charge >= 0.3 is 0 Å². The maximum atomic E-state index is 2.45. The summed E-state index contributed by atoms with van der Waals surface area (Å²) in [6.07, 6.45) is 13.4. The summed E-state index contributed by atoms with van der Waals surface area (Å²) in [6, 6.07) is 0. The maximum absolute atomic E-state index is 2.45. The Morgan fingerprint density at radius 2 is 1.85 bits per heavy atom. The minimum absolute atomic E-state index is 0. The number of rotatable bonds is 2. The molecule has 1 rings (SSSR count). The molecule has 0 saturated heterocycles. The molecule has 0 N–H and O–H groups in total. The van der Waals surface area contributed by atoms with Crippen molar-refractivity contribution in [2.75, 3.05) is 0 Å². The van der Waals surface area contributed by atoms with Crippen molar-refractivity contribution < 1.29 is 21.1 Å². The van der Waals surface area contributed by atoms with E-state index in [1.54, 1.807) is 5.57 Å². The van der Waals surface area contributed by atoms with Crippen molar-refractivity contribution in [1.29, 1.82) is 0 Å². The second-order valence-electron chi connectivity index (χ2n) is 4.05. The van der Waals surface area contributed by atoms with Crippen LogP contribution in [-0.2, 0) is 21.1 Å². The Bertz CT molecular complexity index is 178. The summed E-state index contributed by atoms with van der Waals surface area (Å²) in [5, 5.41) is 0. The number of allylic oxidation sites excluding steroid dienone is 4. The molecule has 0 aliphatic heterocycles. The van der Waals surface area contributed by atoms with Crippen LogP contribution in [0.1, 0.15) is 46.0 Å². The van der Waals surface area contributed by atoms with E-state index in [-0.39, 0.29) is 21.1 Å². The van der Waals surface area contributed by atoms with E-state index in [1.807, 2.05) is 0 Å². The second kappa shape index (κ2) is 7.56. The van der Waals surface area contributed by atoms with Gasteiger partial charge in [0.2, 0.25) is 0 Å². The molecular weight excluding hydrogens is 339 g/mol. The Hall–Kier alpha value is 0.168. The third-order valence-electron chi connectivity index (χ3n) is 2.24. The van der Waals surface area contributed by atoms with E-state index < -0.39 is 0 Å². The topological polar surface area (TPSA) is 0 Å². The molecule has 0 radical (unpaired) electrons. The van der Waals surface area contributed by atoms with Crippen molar-refractivity contribution >= 4 is 0 Å². The van der Waals surface area contributed by atoms with Gasteiger partial charge in [0.1, 0.15) is 0 Å². The van der Waals surface area contributed by atoms with E-state index in [1.165, 1.54) is 32.1 Å². The average Bonchev–Trinajstić information content (AvgIpc) is 1.93. The quantitative estimate of drug-likeness (QED) is 0.652. The van der Waals surface area contributed by atoms with E-state index in [9.17, 15) is 0 Å². The van der Waals surface area contributed by atoms with Crippen LogP contribution in [0.3, 0.4) is 0 Å². The molecule has 0 spiro atoms. The minimum atomic E-state index is 0. The summed E-state index contributed by atoms with van der Waals surface area (Å²) < 4.78 is 0. The third kappa shape index (κ3) is 6.27. The van der Waals surface area contributed by atoms with Crippen LogP contribution in [0.15, 0.2) is 23.8 Å². The monoisotopic (exact) mass is 359 g/mol. The van der Waals surface area contributed by atoms with Gasteiger partial charge in [0.15, 0.2) is 0 Å². The minimum Gasteiger partial charge on any atom is -0.0882 e. The summed E-state index contributed by atoms with van der Waals surface area (Å²) in [5.41, 5.74) is 1.68. The Balaban J connectivity index is 0.00000144. The molecule has 0 amide bonds. The molecule has 0 saturated carbocycles. The zero-order valence-electron chi connectivity index (χ0n) is 8.66. The molecule has 0 unspecified atom stereocenters. The zero-order chi connectivity index (χ0) is 8.81. The van der Waals surface area contributed by atoms with Crippen LogP contribution < -0.4 is 0 Å². The molecule has 0 aromatic carbocycles. The van der Waals surface area contributed by atoms with Gasteiger partial charge in [0.25, 0.3) is 0 Å². The van der Waals surface area contributed by atoms with Crippen LogP contribution in [0.5, 0.6) is 0 Å². The van der Waals surface area contributed by atoms with Crippen LogP contribution >= 0.6 is 0 Å². The number of hydrogen-bond donors (Lipinski definition) is 0. The predicted octanol–water partition coefficient (Wildman–Crippen LogP) is 4.09. The van der Waals surface area contributed by atoms with Crippen molar-refractivity contribution in [2.45, 2.75) is 46.0 Å². The van der Waals surface area contributed by atoms with E-state index in [0.29, 0.717) is 0 Å². The molecule has 0 bridgehead atoms. The SMILES string of the molecule is CC(C)C/C1=C/CC/C=C\CC1.[Pt]. The van der Waals surface area contributed by atoms with E-state index in [4.69, 9.17) is 0 Å². The Kier molecular flexibility index (Phi) is 7.66. The van der Waals surface area contributed by atoms with Crippen LogP contribution in [0.25, 0.3) is 0 Å². The van der Waals surface area contributed by atoms with Crippen LogP contribution in [0.2, 0.25) is 0 Å². The molecule has 1 aliphatic carbocycles. The van der Waals surface area contributed by atoms with Gasteiger partial charge < -0.3 is 0 Å². The van der Waals surface area contributed by atoms with Gasteiger partial charge in [-0.1, -0.05) is 37.6 Å². The maximum Gasteiger partial charge on any atom is 0 e. The summed E-state index contributed by atoms with van der Waals surface area (Å²) in [6.45, 7) is 4.60. The van der Waals surface area contributed by atoms with Gasteiger partial charge in [-0.3, -0.25) is 0 Å². The van der Waals surface area contributed by atoms with Crippen molar-refractivity contribution in [3.05, 3.63) is 23.8 Å². The van der Waals surface area contributed by atoms with E-state index >= 15 is 0 Å². The fourth-order valence-corrected chi connectivity index (χ4v) is 1.70.